The summed E-state index contributed by atoms with van der Waals surface area (Å²) < 4.78 is 17.0. The minimum Gasteiger partial charge on any atom is -0.462 e. The maximum absolute atomic E-state index is 13.0. The quantitative estimate of drug-likeness (QED) is 0.0261. The van der Waals surface area contributed by atoms with Crippen LogP contribution in [0.5, 0.6) is 0 Å². The molecule has 1 unspecified atom stereocenters. The van der Waals surface area contributed by atoms with Crippen molar-refractivity contribution < 1.29 is 28.6 Å². The van der Waals surface area contributed by atoms with Crippen molar-refractivity contribution in [1.82, 2.24) is 0 Å². The van der Waals surface area contributed by atoms with Gasteiger partial charge in [-0.2, -0.15) is 0 Å². The Morgan fingerprint density at radius 1 is 0.235 bits per heavy atom. The van der Waals surface area contributed by atoms with E-state index in [2.05, 4.69) is 45.1 Å². The fourth-order valence-electron chi connectivity index (χ4n) is 11.4. The molecule has 0 aliphatic rings. The molecule has 0 radical (unpaired) electrons. The van der Waals surface area contributed by atoms with Crippen molar-refractivity contribution >= 4 is 17.9 Å². The molecule has 81 heavy (non-hydrogen) atoms. The third-order valence-electron chi connectivity index (χ3n) is 16.9. The Hall–Kier alpha value is -2.11. The zero-order chi connectivity index (χ0) is 58.5. The highest BCUT2D eigenvalue weighted by Gasteiger charge is 2.20. The van der Waals surface area contributed by atoms with Crippen molar-refractivity contribution in [3.8, 4) is 0 Å². The van der Waals surface area contributed by atoms with Crippen LogP contribution in [0, 0.1) is 0 Å². The molecule has 0 amide bonds. The van der Waals surface area contributed by atoms with Crippen LogP contribution >= 0.6 is 0 Å². The van der Waals surface area contributed by atoms with Crippen LogP contribution in [0.15, 0.2) is 24.3 Å². The van der Waals surface area contributed by atoms with Crippen LogP contribution in [0.1, 0.15) is 419 Å². The van der Waals surface area contributed by atoms with Crippen LogP contribution in [0.3, 0.4) is 0 Å². The number of allylic oxidation sites excluding steroid dienone is 4. The second-order valence-electron chi connectivity index (χ2n) is 25.2. The highest BCUT2D eigenvalue weighted by atomic mass is 16.6. The summed E-state index contributed by atoms with van der Waals surface area (Å²) in [5.41, 5.74) is 0. The molecule has 0 aromatic carbocycles. The lowest BCUT2D eigenvalue weighted by atomic mass is 10.0. The number of ether oxygens (including phenoxy) is 3. The molecule has 0 heterocycles. The van der Waals surface area contributed by atoms with Crippen molar-refractivity contribution in [1.29, 1.82) is 0 Å². The average Bonchev–Trinajstić information content (AvgIpc) is 3.46. The second-order valence-corrected chi connectivity index (χ2v) is 25.2. The summed E-state index contributed by atoms with van der Waals surface area (Å²) in [4.78, 5) is 38.4. The largest absolute Gasteiger partial charge is 0.462 e. The summed E-state index contributed by atoms with van der Waals surface area (Å²) in [5.74, 6) is -0.834. The lowest BCUT2D eigenvalue weighted by Crippen LogP contribution is -2.30. The van der Waals surface area contributed by atoms with Gasteiger partial charge in [-0.3, -0.25) is 14.4 Å². The van der Waals surface area contributed by atoms with Crippen LogP contribution in [-0.4, -0.2) is 37.2 Å². The van der Waals surface area contributed by atoms with Gasteiger partial charge in [0, 0.05) is 19.3 Å². The molecule has 0 bridgehead atoms. The Morgan fingerprint density at radius 3 is 0.617 bits per heavy atom. The fourth-order valence-corrected chi connectivity index (χ4v) is 11.4. The van der Waals surface area contributed by atoms with Crippen LogP contribution in [0.4, 0.5) is 0 Å². The molecule has 0 fully saturated rings. The Labute approximate surface area is 506 Å². The van der Waals surface area contributed by atoms with Gasteiger partial charge in [0.1, 0.15) is 13.2 Å². The number of carbonyl (C=O) groups is 3. The minimum absolute atomic E-state index is 0.0655. The summed E-state index contributed by atoms with van der Waals surface area (Å²) in [6.07, 6.45) is 86.5. The maximum atomic E-state index is 13.0. The predicted octanol–water partition coefficient (Wildman–Crippen LogP) is 25.3. The van der Waals surface area contributed by atoms with Crippen LogP contribution in [0.25, 0.3) is 0 Å². The second kappa shape index (κ2) is 70.4. The summed E-state index contributed by atoms with van der Waals surface area (Å²) in [6, 6.07) is 0. The van der Waals surface area contributed by atoms with Crippen LogP contribution in [0.2, 0.25) is 0 Å². The summed E-state index contributed by atoms with van der Waals surface area (Å²) >= 11 is 0. The van der Waals surface area contributed by atoms with E-state index in [-0.39, 0.29) is 31.1 Å². The first-order chi connectivity index (χ1) is 40.0. The van der Waals surface area contributed by atoms with Gasteiger partial charge in [0.2, 0.25) is 0 Å². The SMILES string of the molecule is CCCCCCCCCC/C=C\CCCCCCCCCCCCCCCCCCCC(=O)OCC(COC(=O)CCCCCCCCCCCCCCC)OC(=O)CCCCCCCCCCC/C=C\CCCCCCCCCC. The normalized spacial score (nSPS) is 12.1. The highest BCUT2D eigenvalue weighted by Crippen LogP contribution is 2.19. The Kier molecular flexibility index (Phi) is 68.5. The maximum Gasteiger partial charge on any atom is 0.306 e. The van der Waals surface area contributed by atoms with Gasteiger partial charge < -0.3 is 14.2 Å². The van der Waals surface area contributed by atoms with E-state index in [1.54, 1.807) is 0 Å². The number of carbonyl (C=O) groups excluding carboxylic acids is 3. The van der Waals surface area contributed by atoms with Gasteiger partial charge in [-0.1, -0.05) is 353 Å². The molecule has 0 aromatic heterocycles. The van der Waals surface area contributed by atoms with E-state index in [4.69, 9.17) is 14.2 Å². The minimum atomic E-state index is -0.769. The lowest BCUT2D eigenvalue weighted by Gasteiger charge is -2.18. The van der Waals surface area contributed by atoms with E-state index in [9.17, 15) is 14.4 Å². The van der Waals surface area contributed by atoms with Gasteiger partial charge in [0.15, 0.2) is 6.10 Å². The third-order valence-corrected chi connectivity index (χ3v) is 16.9. The average molecular weight is 1140 g/mol. The van der Waals surface area contributed by atoms with E-state index in [1.165, 1.54) is 321 Å². The van der Waals surface area contributed by atoms with Crippen LogP contribution in [-0.2, 0) is 28.6 Å². The summed E-state index contributed by atoms with van der Waals surface area (Å²) in [7, 11) is 0. The smallest absolute Gasteiger partial charge is 0.306 e. The van der Waals surface area contributed by atoms with Crippen molar-refractivity contribution in [2.45, 2.75) is 425 Å². The number of hydrogen-bond acceptors (Lipinski definition) is 6. The standard InChI is InChI=1S/C75H142O6/c1-4-7-10-13-16-19-22-25-27-29-31-33-34-35-36-37-38-39-40-42-43-45-47-50-53-56-59-62-65-68-74(77)80-71-72(70-79-73(76)67-64-61-58-55-52-49-24-21-18-15-12-9-6-3)81-75(78)69-66-63-60-57-54-51-48-46-44-41-32-30-28-26-23-20-17-14-11-8-5-2/h29-32,72H,4-28,33-71H2,1-3H3/b31-29-,32-30-. The molecule has 0 rings (SSSR count). The highest BCUT2D eigenvalue weighted by molar-refractivity contribution is 5.71. The van der Waals surface area contributed by atoms with Crippen molar-refractivity contribution in [2.24, 2.45) is 0 Å². The van der Waals surface area contributed by atoms with Crippen LogP contribution < -0.4 is 0 Å². The van der Waals surface area contributed by atoms with E-state index in [0.29, 0.717) is 19.3 Å². The molecule has 0 saturated heterocycles. The Balaban J connectivity index is 4.17. The molecule has 0 spiro atoms. The molecule has 0 aliphatic heterocycles. The number of hydrogen-bond donors (Lipinski definition) is 0. The fraction of sp³-hybridized carbons (Fsp3) is 0.907. The summed E-state index contributed by atoms with van der Waals surface area (Å²) in [6.45, 7) is 6.72. The predicted molar refractivity (Wildman–Crippen MR) is 353 cm³/mol. The molecule has 1 atom stereocenters. The number of rotatable bonds is 69. The molecule has 0 aromatic rings. The van der Waals surface area contributed by atoms with E-state index in [1.807, 2.05) is 0 Å². The molecule has 0 saturated carbocycles. The first kappa shape index (κ1) is 78.9. The molecule has 0 aliphatic carbocycles. The molecule has 0 N–H and O–H groups in total. The van der Waals surface area contributed by atoms with Gasteiger partial charge in [-0.15, -0.1) is 0 Å². The topological polar surface area (TPSA) is 78.9 Å². The summed E-state index contributed by atoms with van der Waals surface area (Å²) in [5, 5.41) is 0. The van der Waals surface area contributed by atoms with Gasteiger partial charge in [0.25, 0.3) is 0 Å². The number of esters is 3. The Morgan fingerprint density at radius 2 is 0.407 bits per heavy atom. The zero-order valence-electron chi connectivity index (χ0n) is 55.1. The van der Waals surface area contributed by atoms with Gasteiger partial charge in [0.05, 0.1) is 0 Å². The molecule has 478 valence electrons. The lowest BCUT2D eigenvalue weighted by molar-refractivity contribution is -0.167. The third kappa shape index (κ3) is 68.6. The Bertz CT molecular complexity index is 1310. The molecular formula is C75H142O6. The van der Waals surface area contributed by atoms with E-state index < -0.39 is 6.10 Å². The van der Waals surface area contributed by atoms with E-state index >= 15 is 0 Å². The van der Waals surface area contributed by atoms with E-state index in [0.717, 1.165) is 57.8 Å². The van der Waals surface area contributed by atoms with Crippen molar-refractivity contribution in [3.05, 3.63) is 24.3 Å². The monoisotopic (exact) mass is 1140 g/mol. The van der Waals surface area contributed by atoms with Gasteiger partial charge >= 0.3 is 17.9 Å². The van der Waals surface area contributed by atoms with Gasteiger partial charge in [-0.05, 0) is 70.6 Å². The zero-order valence-corrected chi connectivity index (χ0v) is 55.1. The molecule has 6 heteroatoms. The first-order valence-corrected chi connectivity index (χ1v) is 36.8. The molecular weight excluding hydrogens is 997 g/mol. The van der Waals surface area contributed by atoms with Crippen molar-refractivity contribution in [3.63, 3.8) is 0 Å². The number of unbranched alkanes of at least 4 members (excludes halogenated alkanes) is 54. The van der Waals surface area contributed by atoms with Crippen molar-refractivity contribution in [2.75, 3.05) is 13.2 Å². The van der Waals surface area contributed by atoms with Gasteiger partial charge in [-0.25, -0.2) is 0 Å². The molecule has 6 nitrogen and oxygen atoms in total. The first-order valence-electron chi connectivity index (χ1n) is 36.8.